The van der Waals surface area contributed by atoms with Crippen molar-refractivity contribution in [1.29, 1.82) is 0 Å². The second-order valence-electron chi connectivity index (χ2n) is 32.1. The molecule has 0 unspecified atom stereocenters. The lowest BCUT2D eigenvalue weighted by molar-refractivity contribution is -0.0345. The van der Waals surface area contributed by atoms with E-state index in [1.54, 1.807) is 16.2 Å². The maximum atomic E-state index is 11.9. The number of nitrogens with zero attached hydrogens (tertiary/aromatic N) is 5. The molecule has 446 valence electrons. The lowest BCUT2D eigenvalue weighted by Gasteiger charge is -2.52. The van der Waals surface area contributed by atoms with Gasteiger partial charge in [-0.3, -0.25) is 24.4 Å². The van der Waals surface area contributed by atoms with Gasteiger partial charge in [0.2, 0.25) is 0 Å². The molecule has 0 spiro atoms. The van der Waals surface area contributed by atoms with Crippen molar-refractivity contribution < 1.29 is 0 Å². The Morgan fingerprint density at radius 1 is 0.392 bits per heavy atom. The summed E-state index contributed by atoms with van der Waals surface area (Å²) in [6.07, 6.45) is 11.1. The Kier molecular flexibility index (Phi) is 33.2. The van der Waals surface area contributed by atoms with Gasteiger partial charge in [-0.1, -0.05) is 153 Å². The highest BCUT2D eigenvalue weighted by atomic mass is 16.1. The molecular weight excluding hydrogens is 903 g/mol. The molecule has 0 N–H and O–H groups in total. The second-order valence-corrected chi connectivity index (χ2v) is 32.1. The number of rotatable bonds is 0. The number of hydrogen-bond acceptors (Lipinski definition) is 5. The quantitative estimate of drug-likeness (QED) is 0.242. The third-order valence-electron chi connectivity index (χ3n) is 16.0. The van der Waals surface area contributed by atoms with Crippen molar-refractivity contribution in [2.75, 3.05) is 52.4 Å². The van der Waals surface area contributed by atoms with Gasteiger partial charge in [-0.25, -0.2) is 0 Å². The van der Waals surface area contributed by atoms with E-state index in [1.807, 2.05) is 33.0 Å². The molecule has 6 nitrogen and oxygen atoms in total. The minimum absolute atomic E-state index is 0. The molecule has 0 aliphatic carbocycles. The normalized spacial score (nSPS) is 18.8. The minimum atomic E-state index is -0.145. The Bertz CT molecular complexity index is 1620. The van der Waals surface area contributed by atoms with Gasteiger partial charge in [-0.15, -0.1) is 0 Å². The van der Waals surface area contributed by atoms with Gasteiger partial charge in [0.05, 0.1) is 0 Å². The van der Waals surface area contributed by atoms with Crippen LogP contribution in [0.15, 0.2) is 34.8 Å². The van der Waals surface area contributed by atoms with E-state index in [2.05, 4.69) is 213 Å². The largest absolute Gasteiger partial charge is 0.310 e. The van der Waals surface area contributed by atoms with Crippen molar-refractivity contribution in [3.8, 4) is 0 Å². The van der Waals surface area contributed by atoms with Crippen LogP contribution in [0, 0.1) is 39.4 Å². The predicted octanol–water partition coefficient (Wildman–Crippen LogP) is 19.4. The maximum absolute atomic E-state index is 11.9. The summed E-state index contributed by atoms with van der Waals surface area (Å²) in [7, 11) is 0. The third-order valence-corrected chi connectivity index (χ3v) is 16.0. The molecule has 4 aliphatic rings. The standard InChI is InChI=1S/C13H21NO.2C13H27N.C13H25N.C11H23N.5CH4/c1-12(2,3)10-7-8-14(11(15)9-10)13(4,5)6;3*1-12(2,3)11-7-9-14(10-8-11)13(4,5)6;1-10(2,3)9-7-12(8-9)11(4,5)6;;;;;/h7-9H,1-6H3;2*11H,7-10H2,1-6H3;7H,8-10H2,1-6H3;9H,7-8H2,1-6H3;5*1H4. The molecule has 0 amide bonds. The SMILES string of the molecule is C.C.C.C.C.CC(C)(C)C1=CCN(C(C)(C)C)CC1.CC(C)(C)C1CCN(C(C)(C)C)CC1.CC(C)(C)C1CCN(C(C)(C)C)CC1.CC(C)(C)C1CN(C(C)(C)C)C1.CC(C)(C)c1ccn(C(C)(C)C)c(=O)c1. The fourth-order valence-electron chi connectivity index (χ4n) is 9.87. The van der Waals surface area contributed by atoms with Crippen LogP contribution in [0.4, 0.5) is 0 Å². The molecule has 3 saturated heterocycles. The van der Waals surface area contributed by atoms with Crippen LogP contribution in [-0.2, 0) is 11.0 Å². The van der Waals surface area contributed by atoms with E-state index in [0.717, 1.165) is 29.9 Å². The first kappa shape index (κ1) is 81.4. The summed E-state index contributed by atoms with van der Waals surface area (Å²) in [6.45, 7) is 78.4. The highest BCUT2D eigenvalue weighted by molar-refractivity contribution is 5.20. The van der Waals surface area contributed by atoms with Gasteiger partial charge in [0.25, 0.3) is 5.56 Å². The van der Waals surface area contributed by atoms with E-state index in [1.165, 1.54) is 77.9 Å². The number of piperidine rings is 2. The Morgan fingerprint density at radius 2 is 0.716 bits per heavy atom. The Labute approximate surface area is 469 Å². The number of aromatic nitrogens is 1. The summed E-state index contributed by atoms with van der Waals surface area (Å²) in [6, 6.07) is 3.78. The first-order valence-corrected chi connectivity index (χ1v) is 27.9. The van der Waals surface area contributed by atoms with Crippen molar-refractivity contribution in [3.63, 3.8) is 0 Å². The molecule has 6 heteroatoms. The van der Waals surface area contributed by atoms with Crippen molar-refractivity contribution in [2.45, 2.75) is 310 Å². The van der Waals surface area contributed by atoms with Crippen LogP contribution in [0.1, 0.15) is 283 Å². The average Bonchev–Trinajstić information content (AvgIpc) is 3.11. The third kappa shape index (κ3) is 28.4. The molecule has 74 heavy (non-hydrogen) atoms. The smallest absolute Gasteiger partial charge is 0.251 e. The molecule has 0 radical (unpaired) electrons. The summed E-state index contributed by atoms with van der Waals surface area (Å²) < 4.78 is 1.77. The van der Waals surface area contributed by atoms with Crippen LogP contribution in [0.2, 0.25) is 0 Å². The first-order chi connectivity index (χ1) is 30.5. The van der Waals surface area contributed by atoms with E-state index in [4.69, 9.17) is 0 Å². The molecule has 4 aliphatic heterocycles. The predicted molar refractivity (Wildman–Crippen MR) is 343 cm³/mol. The highest BCUT2D eigenvalue weighted by Crippen LogP contribution is 2.39. The molecule has 5 rings (SSSR count). The van der Waals surface area contributed by atoms with Crippen molar-refractivity contribution in [3.05, 3.63) is 45.9 Å². The number of hydrogen-bond donors (Lipinski definition) is 0. The Morgan fingerprint density at radius 3 is 0.932 bits per heavy atom. The zero-order valence-corrected chi connectivity index (χ0v) is 52.4. The van der Waals surface area contributed by atoms with Gasteiger partial charge in [-0.05, 0) is 219 Å². The monoisotopic (exact) mass is 1050 g/mol. The van der Waals surface area contributed by atoms with Crippen LogP contribution in [-0.4, -0.2) is 98.7 Å². The lowest BCUT2D eigenvalue weighted by atomic mass is 9.74. The minimum Gasteiger partial charge on any atom is -0.310 e. The zero-order chi connectivity index (χ0) is 54.4. The van der Waals surface area contributed by atoms with Gasteiger partial charge in [0, 0.05) is 66.1 Å². The Balaban J connectivity index is -0.000000264. The van der Waals surface area contributed by atoms with Crippen LogP contribution in [0.5, 0.6) is 0 Å². The van der Waals surface area contributed by atoms with E-state index in [9.17, 15) is 4.79 Å². The van der Waals surface area contributed by atoms with Crippen LogP contribution in [0.25, 0.3) is 0 Å². The van der Waals surface area contributed by atoms with Gasteiger partial charge in [0.1, 0.15) is 0 Å². The summed E-state index contributed by atoms with van der Waals surface area (Å²) >= 11 is 0. The topological polar surface area (TPSA) is 35.0 Å². The van der Waals surface area contributed by atoms with E-state index in [-0.39, 0.29) is 53.6 Å². The van der Waals surface area contributed by atoms with E-state index >= 15 is 0 Å². The van der Waals surface area contributed by atoms with Gasteiger partial charge >= 0.3 is 0 Å². The summed E-state index contributed by atoms with van der Waals surface area (Å²) in [5, 5.41) is 0. The first-order valence-electron chi connectivity index (χ1n) is 27.9. The molecule has 3 fully saturated rings. The molecule has 5 heterocycles. The molecule has 0 aromatic carbocycles. The number of pyridine rings is 1. The van der Waals surface area contributed by atoms with Crippen LogP contribution >= 0.6 is 0 Å². The summed E-state index contributed by atoms with van der Waals surface area (Å²) in [5.41, 5.74) is 5.98. The molecule has 0 bridgehead atoms. The second kappa shape index (κ2) is 30.2. The average molecular weight is 1050 g/mol. The van der Waals surface area contributed by atoms with Crippen molar-refractivity contribution >= 4 is 0 Å². The van der Waals surface area contributed by atoms with Gasteiger partial charge in [0.15, 0.2) is 0 Å². The maximum Gasteiger partial charge on any atom is 0.251 e. The fraction of sp³-hybridized carbons (Fsp3) is 0.897. The summed E-state index contributed by atoms with van der Waals surface area (Å²) in [4.78, 5) is 22.2. The highest BCUT2D eigenvalue weighted by Gasteiger charge is 2.40. The fourth-order valence-corrected chi connectivity index (χ4v) is 9.87. The van der Waals surface area contributed by atoms with Crippen LogP contribution in [0.3, 0.4) is 0 Å². The van der Waals surface area contributed by atoms with E-state index < -0.39 is 0 Å². The molecule has 1 aromatic heterocycles. The molecule has 0 saturated carbocycles. The molecular formula is C68H143N5O. The van der Waals surface area contributed by atoms with Crippen molar-refractivity contribution in [1.82, 2.24) is 24.2 Å². The van der Waals surface area contributed by atoms with Gasteiger partial charge in [-0.2, -0.15) is 0 Å². The zero-order valence-electron chi connectivity index (χ0n) is 52.4. The molecule has 1 aromatic rings. The summed E-state index contributed by atoms with van der Waals surface area (Å²) in [5.74, 6) is 2.74. The Hall–Kier alpha value is -1.47. The van der Waals surface area contributed by atoms with E-state index in [0.29, 0.717) is 43.8 Å². The van der Waals surface area contributed by atoms with Crippen LogP contribution < -0.4 is 5.56 Å². The lowest BCUT2D eigenvalue weighted by Crippen LogP contribution is -2.59. The number of likely N-dealkylation sites (tertiary alicyclic amines) is 3. The molecule has 0 atom stereocenters. The van der Waals surface area contributed by atoms with Gasteiger partial charge < -0.3 is 4.57 Å². The van der Waals surface area contributed by atoms with Crippen molar-refractivity contribution in [2.24, 2.45) is 39.4 Å².